The number of aliphatic carboxylic acids is 2. The fourth-order valence-corrected chi connectivity index (χ4v) is 3.95. The van der Waals surface area contributed by atoms with E-state index < -0.39 is 47.1 Å². The maximum absolute atomic E-state index is 12.6. The van der Waals surface area contributed by atoms with E-state index in [-0.39, 0.29) is 43.3 Å². The van der Waals surface area contributed by atoms with Crippen LogP contribution in [0.25, 0.3) is 0 Å². The van der Waals surface area contributed by atoms with Gasteiger partial charge in [-0.2, -0.15) is 0 Å². The topological polar surface area (TPSA) is 170 Å². The number of carbonyl (C=O) groups excluding carboxylic acids is 4. The highest BCUT2D eigenvalue weighted by molar-refractivity contribution is 8.00. The second-order valence-electron chi connectivity index (χ2n) is 7.74. The molecule has 0 aliphatic carbocycles. The molecule has 11 nitrogen and oxygen atoms in total. The quantitative estimate of drug-likeness (QED) is 0.309. The number of nitrogens with zero attached hydrogens (tertiary/aromatic N) is 1. The second kappa shape index (κ2) is 11.0. The number of carbonyl (C=O) groups is 6. The molecule has 1 aliphatic rings. The third-order valence-electron chi connectivity index (χ3n) is 4.10. The van der Waals surface area contributed by atoms with Crippen LogP contribution in [0.3, 0.4) is 0 Å². The van der Waals surface area contributed by atoms with Crippen LogP contribution >= 0.6 is 11.8 Å². The van der Waals surface area contributed by atoms with E-state index in [0.717, 1.165) is 11.8 Å². The molecular weight excluding hydrogens is 418 g/mol. The van der Waals surface area contributed by atoms with Crippen molar-refractivity contribution in [2.45, 2.75) is 63.3 Å². The average Bonchev–Trinajstić information content (AvgIpc) is 2.89. The predicted octanol–water partition coefficient (Wildman–Crippen LogP) is -0.414. The summed E-state index contributed by atoms with van der Waals surface area (Å²) in [6.07, 6.45) is -0.289. The highest BCUT2D eigenvalue weighted by Crippen LogP contribution is 2.30. The molecule has 0 spiro atoms. The van der Waals surface area contributed by atoms with Crippen molar-refractivity contribution in [3.63, 3.8) is 0 Å². The molecule has 0 bridgehead atoms. The van der Waals surface area contributed by atoms with Gasteiger partial charge in [0, 0.05) is 30.6 Å². The Balaban J connectivity index is 2.75. The van der Waals surface area contributed by atoms with Gasteiger partial charge in [0.1, 0.15) is 12.6 Å². The number of thioether (sulfide) groups is 1. The highest BCUT2D eigenvalue weighted by atomic mass is 32.2. The Morgan fingerprint density at radius 1 is 1.13 bits per heavy atom. The van der Waals surface area contributed by atoms with Gasteiger partial charge in [-0.25, -0.2) is 0 Å². The number of imide groups is 1. The van der Waals surface area contributed by atoms with Crippen LogP contribution in [0, 0.1) is 0 Å². The number of hydrogen-bond donors (Lipinski definition) is 4. The second-order valence-corrected chi connectivity index (χ2v) is 8.98. The van der Waals surface area contributed by atoms with Crippen molar-refractivity contribution in [2.24, 2.45) is 0 Å². The summed E-state index contributed by atoms with van der Waals surface area (Å²) in [6.45, 7) is 4.55. The van der Waals surface area contributed by atoms with Crippen LogP contribution in [0.4, 0.5) is 0 Å². The van der Waals surface area contributed by atoms with Gasteiger partial charge in [-0.15, -0.1) is 11.8 Å². The number of rotatable bonds is 11. The molecule has 0 aromatic carbocycles. The zero-order valence-corrected chi connectivity index (χ0v) is 17.9. The number of likely N-dealkylation sites (tertiary alicyclic amines) is 1. The summed E-state index contributed by atoms with van der Waals surface area (Å²) in [5, 5.41) is 21.2. The molecule has 1 saturated heterocycles. The Hall–Kier alpha value is -2.63. The van der Waals surface area contributed by atoms with Crippen molar-refractivity contribution in [1.29, 1.82) is 0 Å². The Labute approximate surface area is 177 Å². The zero-order valence-electron chi connectivity index (χ0n) is 17.1. The smallest absolute Gasteiger partial charge is 0.322 e. The molecule has 0 aromatic rings. The van der Waals surface area contributed by atoms with Crippen LogP contribution in [-0.2, 0) is 28.8 Å². The molecule has 2 unspecified atom stereocenters. The molecule has 1 rings (SSSR count). The minimum atomic E-state index is -1.26. The fraction of sp³-hybridized carbons (Fsp3) is 0.667. The first kappa shape index (κ1) is 25.4. The van der Waals surface area contributed by atoms with Gasteiger partial charge in [-0.1, -0.05) is 0 Å². The molecule has 12 heteroatoms. The molecule has 4 amide bonds. The van der Waals surface area contributed by atoms with Gasteiger partial charge >= 0.3 is 11.9 Å². The minimum Gasteiger partial charge on any atom is -0.481 e. The van der Waals surface area contributed by atoms with Gasteiger partial charge in [0.25, 0.3) is 0 Å². The van der Waals surface area contributed by atoms with Crippen molar-refractivity contribution in [3.05, 3.63) is 0 Å². The van der Waals surface area contributed by atoms with Crippen LogP contribution in [0.2, 0.25) is 0 Å². The molecule has 1 aliphatic heterocycles. The number of carboxylic acid groups (broad SMARTS) is 2. The van der Waals surface area contributed by atoms with Crippen molar-refractivity contribution in [2.75, 3.05) is 12.3 Å². The molecule has 1 heterocycles. The van der Waals surface area contributed by atoms with Crippen LogP contribution in [0.5, 0.6) is 0 Å². The van der Waals surface area contributed by atoms with Crippen LogP contribution in [-0.4, -0.2) is 79.8 Å². The number of hydrogen-bond acceptors (Lipinski definition) is 7. The number of amides is 4. The lowest BCUT2D eigenvalue weighted by Crippen LogP contribution is -2.50. The molecular formula is C18H27N3O8S. The monoisotopic (exact) mass is 445 g/mol. The summed E-state index contributed by atoms with van der Waals surface area (Å²) in [7, 11) is 0. The van der Waals surface area contributed by atoms with Gasteiger partial charge in [0.15, 0.2) is 0 Å². The third-order valence-corrected chi connectivity index (χ3v) is 5.40. The average molecular weight is 445 g/mol. The number of carboxylic acids is 2. The molecule has 30 heavy (non-hydrogen) atoms. The molecule has 1 fully saturated rings. The van der Waals surface area contributed by atoms with Gasteiger partial charge < -0.3 is 20.8 Å². The normalized spacial score (nSPS) is 17.6. The summed E-state index contributed by atoms with van der Waals surface area (Å²) in [6, 6.07) is -1.14. The van der Waals surface area contributed by atoms with Crippen molar-refractivity contribution < 1.29 is 39.0 Å². The van der Waals surface area contributed by atoms with E-state index in [1.165, 1.54) is 4.90 Å². The molecule has 0 saturated carbocycles. The first-order chi connectivity index (χ1) is 13.8. The molecule has 4 N–H and O–H groups in total. The molecule has 168 valence electrons. The van der Waals surface area contributed by atoms with E-state index in [1.54, 1.807) is 20.8 Å². The fourth-order valence-electron chi connectivity index (χ4n) is 2.79. The lowest BCUT2D eigenvalue weighted by atomic mass is 10.1. The summed E-state index contributed by atoms with van der Waals surface area (Å²) in [5.41, 5.74) is -0.680. The summed E-state index contributed by atoms with van der Waals surface area (Å²) < 4.78 is 0. The van der Waals surface area contributed by atoms with Gasteiger partial charge in [0.05, 0.1) is 5.25 Å². The maximum Gasteiger partial charge on any atom is 0.322 e. The van der Waals surface area contributed by atoms with E-state index >= 15 is 0 Å². The van der Waals surface area contributed by atoms with E-state index in [9.17, 15) is 28.8 Å². The first-order valence-electron chi connectivity index (χ1n) is 9.32. The van der Waals surface area contributed by atoms with E-state index in [0.29, 0.717) is 0 Å². The van der Waals surface area contributed by atoms with Crippen molar-refractivity contribution in [1.82, 2.24) is 15.5 Å². The SMILES string of the molecule is CC(C)(C)N1C(=O)CC(SCC(NC(=O)CCCC(=O)O)C(=O)NCC(=O)O)C1=O. The summed E-state index contributed by atoms with van der Waals surface area (Å²) in [5.74, 6) is -4.40. The number of nitrogens with one attached hydrogen (secondary N) is 2. The van der Waals surface area contributed by atoms with Crippen molar-refractivity contribution >= 4 is 47.3 Å². The van der Waals surface area contributed by atoms with Crippen LogP contribution in [0.15, 0.2) is 0 Å². The Morgan fingerprint density at radius 3 is 2.27 bits per heavy atom. The summed E-state index contributed by atoms with van der Waals surface area (Å²) >= 11 is 1.03. The Morgan fingerprint density at radius 2 is 1.77 bits per heavy atom. The lowest BCUT2D eigenvalue weighted by molar-refractivity contribution is -0.144. The van der Waals surface area contributed by atoms with E-state index in [4.69, 9.17) is 10.2 Å². The maximum atomic E-state index is 12.6. The predicted molar refractivity (Wildman–Crippen MR) is 107 cm³/mol. The van der Waals surface area contributed by atoms with Crippen molar-refractivity contribution in [3.8, 4) is 0 Å². The van der Waals surface area contributed by atoms with Gasteiger partial charge in [-0.3, -0.25) is 33.7 Å². The Kier molecular flexibility index (Phi) is 9.27. The molecule has 2 atom stereocenters. The lowest BCUT2D eigenvalue weighted by Gasteiger charge is -2.30. The van der Waals surface area contributed by atoms with Crippen LogP contribution in [0.1, 0.15) is 46.5 Å². The summed E-state index contributed by atoms with van der Waals surface area (Å²) in [4.78, 5) is 71.4. The van der Waals surface area contributed by atoms with E-state index in [1.807, 2.05) is 0 Å². The highest BCUT2D eigenvalue weighted by Gasteiger charge is 2.44. The molecule has 0 radical (unpaired) electrons. The van der Waals surface area contributed by atoms with Crippen LogP contribution < -0.4 is 10.6 Å². The standard InChI is InChI=1S/C18H27N3O8S/c1-18(2,3)21-13(23)7-11(17(21)29)30-9-10(16(28)19-8-15(26)27)20-12(22)5-4-6-14(24)25/h10-11H,4-9H2,1-3H3,(H,19,28)(H,20,22)(H,24,25)(H,26,27). The Bertz CT molecular complexity index is 719. The zero-order chi connectivity index (χ0) is 23.1. The molecule has 0 aromatic heterocycles. The third kappa shape index (κ3) is 8.01. The first-order valence-corrected chi connectivity index (χ1v) is 10.4. The van der Waals surface area contributed by atoms with E-state index in [2.05, 4.69) is 10.6 Å². The van der Waals surface area contributed by atoms with Gasteiger partial charge in [-0.05, 0) is 27.2 Å². The van der Waals surface area contributed by atoms with Gasteiger partial charge in [0.2, 0.25) is 23.6 Å². The minimum absolute atomic E-state index is 0.0310. The largest absolute Gasteiger partial charge is 0.481 e.